The third-order valence-corrected chi connectivity index (χ3v) is 21.5. The Hall–Kier alpha value is -7.99. The van der Waals surface area contributed by atoms with Gasteiger partial charge < -0.3 is 59.9 Å². The summed E-state index contributed by atoms with van der Waals surface area (Å²) in [7, 11) is 6.94. The Bertz CT molecular complexity index is 3420. The zero-order valence-electron chi connectivity index (χ0n) is 61.1. The third kappa shape index (κ3) is 18.9. The molecule has 3 N–H and O–H groups in total. The molecule has 3 saturated heterocycles. The Balaban J connectivity index is 1.31. The number of nitrogens with one attached hydrogen (secondary N) is 3. The van der Waals surface area contributed by atoms with Crippen molar-refractivity contribution in [2.75, 3.05) is 68.0 Å². The summed E-state index contributed by atoms with van der Waals surface area (Å²) in [5, 5.41) is 8.34. The Morgan fingerprint density at radius 3 is 1.80 bits per heavy atom. The van der Waals surface area contributed by atoms with Crippen molar-refractivity contribution in [1.82, 2.24) is 55.1 Å². The maximum atomic E-state index is 15.4. The van der Waals surface area contributed by atoms with E-state index >= 15 is 37.5 Å². The summed E-state index contributed by atoms with van der Waals surface area (Å²) in [5.41, 5.74) is -5.09. The zero-order valence-corrected chi connectivity index (χ0v) is 61.1. The van der Waals surface area contributed by atoms with Crippen molar-refractivity contribution in [3.63, 3.8) is 0 Å². The lowest BCUT2D eigenvalue weighted by Gasteiger charge is -2.46. The zero-order chi connectivity index (χ0) is 76.7. The van der Waals surface area contributed by atoms with Crippen LogP contribution in [0.4, 0.5) is 35.1 Å². The molecule has 2 aliphatic carbocycles. The Morgan fingerprint density at radius 1 is 0.650 bits per heavy atom. The molecule has 1 spiro atoms. The number of nitrogens with zero attached hydrogens (tertiary/aromatic N) is 8. The van der Waals surface area contributed by atoms with Crippen LogP contribution in [0.2, 0.25) is 0 Å². The molecule has 0 bridgehead atoms. The van der Waals surface area contributed by atoms with Crippen LogP contribution in [0.15, 0.2) is 36.4 Å². The highest BCUT2D eigenvalue weighted by Gasteiger charge is 2.54. The lowest BCUT2D eigenvalue weighted by Crippen LogP contribution is -2.68. The third-order valence-electron chi connectivity index (χ3n) is 21.5. The second-order valence-corrected chi connectivity index (χ2v) is 29.0. The highest BCUT2D eigenvalue weighted by molar-refractivity contribution is 6.00. The van der Waals surface area contributed by atoms with E-state index in [-0.39, 0.29) is 87.7 Å². The maximum absolute atomic E-state index is 15.4. The molecular formula is C72H101F8N11O12. The lowest BCUT2D eigenvalue weighted by molar-refractivity contribution is -0.160. The minimum atomic E-state index is -5.44. The van der Waals surface area contributed by atoms with E-state index in [1.807, 2.05) is 13.8 Å². The molecule has 0 unspecified atom stereocenters. The van der Waals surface area contributed by atoms with Crippen molar-refractivity contribution in [1.29, 1.82) is 0 Å². The molecule has 2 aromatic rings. The van der Waals surface area contributed by atoms with Gasteiger partial charge in [0.15, 0.2) is 0 Å². The summed E-state index contributed by atoms with van der Waals surface area (Å²) in [6.07, 6.45) is -9.34. The van der Waals surface area contributed by atoms with E-state index in [0.29, 0.717) is 37.8 Å². The predicted octanol–water partition coefficient (Wildman–Crippen LogP) is 6.50. The number of carbonyl (C=O) groups is 11. The molecular weight excluding hydrogens is 1360 g/mol. The van der Waals surface area contributed by atoms with Crippen molar-refractivity contribution < 1.29 is 92.6 Å². The first-order chi connectivity index (χ1) is 48.2. The van der Waals surface area contributed by atoms with Crippen molar-refractivity contribution in [3.8, 4) is 0 Å². The number of fused-ring (bicyclic) bond motifs is 2. The van der Waals surface area contributed by atoms with Crippen LogP contribution in [0.25, 0.3) is 0 Å². The van der Waals surface area contributed by atoms with Crippen LogP contribution in [0.3, 0.4) is 0 Å². The van der Waals surface area contributed by atoms with Crippen LogP contribution >= 0.6 is 0 Å². The smallest absolute Gasteiger partial charge is 0.377 e. The van der Waals surface area contributed by atoms with Gasteiger partial charge in [0.25, 0.3) is 0 Å². The molecule has 31 heteroatoms. The van der Waals surface area contributed by atoms with Crippen LogP contribution in [0.5, 0.6) is 0 Å². The molecule has 2 aromatic carbocycles. The van der Waals surface area contributed by atoms with Gasteiger partial charge in [-0.2, -0.15) is 26.3 Å². The summed E-state index contributed by atoms with van der Waals surface area (Å²) in [6, 6.07) is -7.14. The quantitative estimate of drug-likeness (QED) is 0.182. The monoisotopic (exact) mass is 1460 g/mol. The first-order valence-electron chi connectivity index (χ1n) is 35.7. The van der Waals surface area contributed by atoms with Gasteiger partial charge in [-0.25, -0.2) is 8.78 Å². The van der Waals surface area contributed by atoms with Crippen LogP contribution < -0.4 is 16.0 Å². The number of carbonyl (C=O) groups excluding carboxylic acids is 11. The highest BCUT2D eigenvalue weighted by Crippen LogP contribution is 2.40. The Kier molecular flexibility index (Phi) is 27.4. The minimum Gasteiger partial charge on any atom is -0.377 e. The number of benzene rings is 2. The minimum absolute atomic E-state index is 0.00152. The largest absolute Gasteiger partial charge is 0.422 e. The van der Waals surface area contributed by atoms with Crippen molar-refractivity contribution in [3.05, 3.63) is 70.3 Å². The second-order valence-electron chi connectivity index (χ2n) is 29.0. The van der Waals surface area contributed by atoms with Gasteiger partial charge in [-0.05, 0) is 139 Å². The fraction of sp³-hybridized carbons (Fsp3) is 0.681. The lowest BCUT2D eigenvalue weighted by atomic mass is 9.74. The molecule has 0 radical (unpaired) electrons. The standard InChI is InChI=1S/C72H101F8N11O12/c1-14-41(6)59-67(100)86(11)43(8)63(96)90-31-28-52(90)66(99)89(15-2)55(36-44-22-25-47(26-23-44)71(75,76)77)65(98)84(9)39-56(92)81-51(27-24-45-34-49(73)58(50(74)35-45)72(78,79)80)64(97)91-38-48(103-16-3)37-54(91)62(95)83-70(29-19-30-70)69(102)88(13)60(46-20-17-18-21-46)68(101)85(10)42(7)33-57(93)87(12)53(32-40(4)5)61(94)82-59/h22-23,25-26,34-35,40-43,46,48,51-55,59-60H,14-21,24,27-33,36-39H2,1-13H3,(H,81,92)(H,82,94)(H,83,95)/t41-,42+,43-,48+,51-,52-,53-,54-,55-,59-,60-/m0/s1. The fourth-order valence-corrected chi connectivity index (χ4v) is 14.7. The number of aryl methyl sites for hydroxylation is 1. The van der Waals surface area contributed by atoms with E-state index in [1.54, 1.807) is 27.7 Å². The van der Waals surface area contributed by atoms with Gasteiger partial charge in [0, 0.05) is 86.8 Å². The second kappa shape index (κ2) is 34.3. The first kappa shape index (κ1) is 82.3. The van der Waals surface area contributed by atoms with Gasteiger partial charge >= 0.3 is 12.4 Å². The average Bonchev–Trinajstić information content (AvgIpc) is 1.66. The molecule has 7 rings (SSSR count). The molecule has 2 saturated carbocycles. The topological polar surface area (TPSA) is 259 Å². The van der Waals surface area contributed by atoms with E-state index in [0.717, 1.165) is 63.8 Å². The summed E-state index contributed by atoms with van der Waals surface area (Å²) < 4.78 is 119. The Morgan fingerprint density at radius 2 is 1.27 bits per heavy atom. The molecule has 11 atom stereocenters. The molecule has 5 aliphatic rings. The van der Waals surface area contributed by atoms with Crippen molar-refractivity contribution in [2.24, 2.45) is 17.8 Å². The van der Waals surface area contributed by atoms with E-state index in [1.165, 1.54) is 61.6 Å². The number of alkyl halides is 6. The number of amides is 11. The normalized spacial score (nSPS) is 27.1. The van der Waals surface area contributed by atoms with Crippen LogP contribution in [-0.2, 0) is 82.7 Å². The molecule has 103 heavy (non-hydrogen) atoms. The summed E-state index contributed by atoms with van der Waals surface area (Å²) in [6.45, 7) is 12.1. The molecule has 11 amide bonds. The summed E-state index contributed by atoms with van der Waals surface area (Å²) >= 11 is 0. The number of rotatable bonds is 13. The Labute approximate surface area is 596 Å². The van der Waals surface area contributed by atoms with Crippen LogP contribution in [-0.4, -0.2) is 238 Å². The van der Waals surface area contributed by atoms with Crippen LogP contribution in [0.1, 0.15) is 161 Å². The molecule has 23 nitrogen and oxygen atoms in total. The van der Waals surface area contributed by atoms with Gasteiger partial charge in [-0.15, -0.1) is 0 Å². The highest BCUT2D eigenvalue weighted by atomic mass is 19.4. The molecule has 3 heterocycles. The number of likely N-dealkylation sites (N-methyl/N-ethyl adjacent to an activating group) is 6. The predicted molar refractivity (Wildman–Crippen MR) is 361 cm³/mol. The van der Waals surface area contributed by atoms with Gasteiger partial charge in [0.2, 0.25) is 65.0 Å². The van der Waals surface area contributed by atoms with E-state index in [9.17, 15) is 50.3 Å². The van der Waals surface area contributed by atoms with E-state index < -0.39 is 198 Å². The summed E-state index contributed by atoms with van der Waals surface area (Å²) in [5.74, 6) is -13.4. The summed E-state index contributed by atoms with van der Waals surface area (Å²) in [4.78, 5) is 174. The van der Waals surface area contributed by atoms with Gasteiger partial charge in [0.1, 0.15) is 71.1 Å². The molecule has 3 aliphatic heterocycles. The van der Waals surface area contributed by atoms with E-state index in [4.69, 9.17) is 4.74 Å². The number of halogens is 8. The molecule has 0 aromatic heterocycles. The average molecular weight is 1460 g/mol. The number of ether oxygens (including phenoxy) is 1. The maximum Gasteiger partial charge on any atom is 0.422 e. The van der Waals surface area contributed by atoms with Gasteiger partial charge in [0.05, 0.1) is 18.2 Å². The van der Waals surface area contributed by atoms with Gasteiger partial charge in [-0.3, -0.25) is 52.7 Å². The SMILES string of the molecule is CCO[C@@H]1C[C@H]2C(=O)NC3(CCC3)C(=O)N(C)[C@@H](C3CCCC3)C(=O)N(C)[C@H](C)CC(=O)N(C)[C@@H](CC(C)C)C(=O)N[C@@H]([C@@H](C)CC)C(=O)N(C)[C@@H](C)C(=O)N3CC[C@H]3C(=O)N(CC)[C@@H](Cc3ccc(C(F)(F)F)cc3)C(=O)N(C)CC(=O)N[C@@H](CCc3cc(F)c(C(F)(F)F)c(F)c3)C(=O)N2C1. The van der Waals surface area contributed by atoms with Crippen molar-refractivity contribution in [2.45, 2.75) is 230 Å². The van der Waals surface area contributed by atoms with E-state index in [2.05, 4.69) is 16.0 Å². The van der Waals surface area contributed by atoms with Gasteiger partial charge in [-0.1, -0.05) is 59.1 Å². The molecule has 572 valence electrons. The number of hydrogen-bond acceptors (Lipinski definition) is 12. The molecule has 5 fully saturated rings. The van der Waals surface area contributed by atoms with Crippen molar-refractivity contribution >= 4 is 65.0 Å². The van der Waals surface area contributed by atoms with Crippen LogP contribution in [0, 0.1) is 29.4 Å². The fourth-order valence-electron chi connectivity index (χ4n) is 14.7. The first-order valence-corrected chi connectivity index (χ1v) is 35.7. The number of hydrogen-bond donors (Lipinski definition) is 3.